The van der Waals surface area contributed by atoms with Crippen LogP contribution < -0.4 is 41.5 Å². The normalized spacial score (nSPS) is 12.2. The van der Waals surface area contributed by atoms with Gasteiger partial charge in [-0.25, -0.2) is 24.5 Å². The molecule has 0 N–H and O–H groups in total. The van der Waals surface area contributed by atoms with Crippen LogP contribution in [-0.2, 0) is 0 Å². The van der Waals surface area contributed by atoms with Gasteiger partial charge < -0.3 is 0 Å². The van der Waals surface area contributed by atoms with Crippen LogP contribution in [0.5, 0.6) is 0 Å². The van der Waals surface area contributed by atoms with Gasteiger partial charge in [0.25, 0.3) is 0 Å². The molecule has 120 heavy (non-hydrogen) atoms. The number of nitrogens with zero attached hydrogens (tertiary/aromatic N) is 12. The number of para-hydroxylation sites is 9. The second kappa shape index (κ2) is 27.5. The van der Waals surface area contributed by atoms with Crippen LogP contribution in [0.25, 0.3) is 156 Å². The fourth-order valence-electron chi connectivity index (χ4n) is 19.4. The smallest absolute Gasteiger partial charge is 0.239 e. The molecule has 0 saturated heterocycles. The molecule has 12 nitrogen and oxygen atoms in total. The van der Waals surface area contributed by atoms with Gasteiger partial charge in [-0.1, -0.05) is 334 Å². The Labute approximate surface area is 691 Å². The number of rotatable bonds is 15. The van der Waals surface area contributed by atoms with Crippen molar-refractivity contribution in [3.63, 3.8) is 0 Å². The van der Waals surface area contributed by atoms with E-state index >= 15 is 0 Å². The highest BCUT2D eigenvalue weighted by Gasteiger charge is 2.43. The maximum Gasteiger partial charge on any atom is 0.239 e. The van der Waals surface area contributed by atoms with Crippen LogP contribution in [0.2, 0.25) is 0 Å². The van der Waals surface area contributed by atoms with Crippen molar-refractivity contribution in [3.05, 3.63) is 425 Å². The van der Waals surface area contributed by atoms with E-state index in [2.05, 4.69) is 446 Å². The molecule has 0 aliphatic heterocycles. The molecule has 0 saturated carbocycles. The third-order valence-corrected chi connectivity index (χ3v) is 34.2. The number of benzene rings is 16. The largest absolute Gasteiger partial charge is 0.294 e. The van der Waals surface area contributed by atoms with Gasteiger partial charge in [0.05, 0.1) is 77.6 Å². The number of hydrogen-bond acceptors (Lipinski definition) is 6. The van der Waals surface area contributed by atoms with E-state index in [4.69, 9.17) is 29.9 Å². The standard InChI is InChI=1S/C106H70N12Si2/c1-7-31-75(32-8-1)119(76-33-9-2-10-34-76,77-35-11-3-12-36-77)81-61-55-71(56-62-81)89-69-101(111-103(107-89)114-92-48-24-19-43-83(92)84-44-20-25-49-93(84)114)113-91-47-23-21-45-85(91)86-67-73(60-66-94(86)113)74-59-65-88-100(68-74)116-97-52-28-30-54-99(97)118(106(116)110-88)104-108-90(70-102(112-104)117-98-53-29-27-51-96(98)115-95-50-26-22-46-87(95)109-105(115)117)72-57-63-82(64-58-72)120(78-37-13-4-14-38-78,79-39-15-5-16-40-79)80-41-17-6-18-42-80/h1-70H. The summed E-state index contributed by atoms with van der Waals surface area (Å²) in [6.45, 7) is 0. The lowest BCUT2D eigenvalue weighted by Gasteiger charge is -2.34. The Balaban J connectivity index is 0.665. The minimum absolute atomic E-state index is 0.466. The van der Waals surface area contributed by atoms with E-state index in [0.29, 0.717) is 23.5 Å². The molecule has 8 aromatic heterocycles. The number of aromatic nitrogens is 12. The van der Waals surface area contributed by atoms with Crippen molar-refractivity contribution in [3.8, 4) is 57.2 Å². The van der Waals surface area contributed by atoms with E-state index in [0.717, 1.165) is 133 Å². The van der Waals surface area contributed by atoms with Gasteiger partial charge in [0.2, 0.25) is 23.5 Å². The molecule has 0 atom stereocenters. The summed E-state index contributed by atoms with van der Waals surface area (Å²) in [5.41, 5.74) is 17.2. The zero-order valence-corrected chi connectivity index (χ0v) is 66.8. The van der Waals surface area contributed by atoms with Crippen LogP contribution in [-0.4, -0.2) is 73.1 Å². The van der Waals surface area contributed by atoms with Gasteiger partial charge in [-0.2, -0.15) is 9.97 Å². The lowest BCUT2D eigenvalue weighted by Crippen LogP contribution is -2.74. The molecule has 24 rings (SSSR count). The molecule has 8 heterocycles. The van der Waals surface area contributed by atoms with E-state index in [1.807, 2.05) is 6.07 Å². The van der Waals surface area contributed by atoms with E-state index in [1.165, 1.54) is 41.5 Å². The third kappa shape index (κ3) is 10.5. The predicted molar refractivity (Wildman–Crippen MR) is 496 cm³/mol. The molecule has 0 aliphatic carbocycles. The van der Waals surface area contributed by atoms with Crippen molar-refractivity contribution >= 4 is 157 Å². The van der Waals surface area contributed by atoms with Crippen LogP contribution in [0.1, 0.15) is 0 Å². The summed E-state index contributed by atoms with van der Waals surface area (Å²) in [5, 5.41) is 14.9. The zero-order chi connectivity index (χ0) is 79.0. The first-order chi connectivity index (χ1) is 59.5. The van der Waals surface area contributed by atoms with Crippen molar-refractivity contribution in [2.75, 3.05) is 0 Å². The summed E-state index contributed by atoms with van der Waals surface area (Å²) in [6.07, 6.45) is 0. The minimum atomic E-state index is -2.88. The monoisotopic (exact) mass is 1570 g/mol. The Morgan fingerprint density at radius 2 is 0.483 bits per heavy atom. The number of hydrogen-bond donors (Lipinski definition) is 0. The molecular formula is C106H70N12Si2. The van der Waals surface area contributed by atoms with E-state index in [9.17, 15) is 0 Å². The molecule has 0 unspecified atom stereocenters. The van der Waals surface area contributed by atoms with Crippen LogP contribution >= 0.6 is 0 Å². The van der Waals surface area contributed by atoms with Gasteiger partial charge in [-0.05, 0) is 131 Å². The van der Waals surface area contributed by atoms with Gasteiger partial charge in [-0.15, -0.1) is 0 Å². The molecule has 0 fully saturated rings. The SMILES string of the molecule is c1ccc([Si](c2ccccc2)(c2ccccc2)c2ccc(-c3cc(-n4c5ccccc5c5cc(-c6ccc7nc8n(-c9nc(-c%10ccc([Si](c%11ccccc%11)(c%11ccccc%11)c%11ccccc%11)cc%10)cc(-n%10c%11ccccc%11n%11c%12ccccc%12nc%10%11)n9)c9ccccc9n8c7c6)ccc54)nc(-n4c5ccccc5c5ccccc54)n3)cc2)cc1. The molecule has 0 bridgehead atoms. The molecule has 0 spiro atoms. The Morgan fingerprint density at radius 3 is 0.950 bits per heavy atom. The van der Waals surface area contributed by atoms with Gasteiger partial charge in [-0.3, -0.25) is 22.5 Å². The molecule has 0 aliphatic rings. The maximum atomic E-state index is 5.71. The van der Waals surface area contributed by atoms with E-state index < -0.39 is 16.1 Å². The number of fused-ring (bicyclic) bond motifs is 16. The van der Waals surface area contributed by atoms with Gasteiger partial charge in [0, 0.05) is 44.8 Å². The molecule has 24 aromatic rings. The Hall–Kier alpha value is -15.7. The molecule has 0 radical (unpaired) electrons. The first-order valence-electron chi connectivity index (χ1n) is 40.7. The van der Waals surface area contributed by atoms with Crippen LogP contribution in [0.4, 0.5) is 0 Å². The van der Waals surface area contributed by atoms with Crippen molar-refractivity contribution in [1.29, 1.82) is 0 Å². The predicted octanol–water partition coefficient (Wildman–Crippen LogP) is 18.7. The number of imidazole rings is 4. The summed E-state index contributed by atoms with van der Waals surface area (Å²) >= 11 is 0. The average Bonchev–Trinajstić information content (AvgIpc) is 1.57. The molecule has 0 amide bonds. The lowest BCUT2D eigenvalue weighted by molar-refractivity contribution is 0.930. The highest BCUT2D eigenvalue weighted by Crippen LogP contribution is 2.40. The summed E-state index contributed by atoms with van der Waals surface area (Å²) in [4.78, 5) is 33.7. The third-order valence-electron chi connectivity index (χ3n) is 24.6. The minimum Gasteiger partial charge on any atom is -0.294 e. The van der Waals surface area contributed by atoms with Crippen LogP contribution in [0.15, 0.2) is 425 Å². The summed E-state index contributed by atoms with van der Waals surface area (Å²) < 4.78 is 13.4. The quantitative estimate of drug-likeness (QED) is 0.0748. The van der Waals surface area contributed by atoms with Crippen LogP contribution in [0, 0.1) is 0 Å². The lowest BCUT2D eigenvalue weighted by atomic mass is 10.0. The van der Waals surface area contributed by atoms with E-state index in [-0.39, 0.29) is 0 Å². The zero-order valence-electron chi connectivity index (χ0n) is 64.8. The topological polar surface area (TPSA) is 106 Å². The fraction of sp³-hybridized carbons (Fsp3) is 0. The summed E-state index contributed by atoms with van der Waals surface area (Å²) in [6, 6.07) is 154. The average molecular weight is 1570 g/mol. The van der Waals surface area contributed by atoms with Crippen LogP contribution in [0.3, 0.4) is 0 Å². The highest BCUT2D eigenvalue weighted by atomic mass is 28.3. The fourth-order valence-corrected chi connectivity index (χ4v) is 28.9. The van der Waals surface area contributed by atoms with Gasteiger partial charge in [0.15, 0.2) is 16.1 Å². The van der Waals surface area contributed by atoms with Gasteiger partial charge in [0.1, 0.15) is 11.6 Å². The highest BCUT2D eigenvalue weighted by molar-refractivity contribution is 7.20. The summed E-state index contributed by atoms with van der Waals surface area (Å²) in [7, 11) is -5.73. The molecule has 16 aromatic carbocycles. The Morgan fingerprint density at radius 1 is 0.175 bits per heavy atom. The second-order valence-electron chi connectivity index (χ2n) is 31.0. The van der Waals surface area contributed by atoms with Gasteiger partial charge >= 0.3 is 0 Å². The van der Waals surface area contributed by atoms with E-state index in [1.54, 1.807) is 0 Å². The first-order valence-corrected chi connectivity index (χ1v) is 44.7. The Kier molecular flexibility index (Phi) is 15.7. The Bertz CT molecular complexity index is 7900. The van der Waals surface area contributed by atoms with Crippen molar-refractivity contribution in [2.24, 2.45) is 0 Å². The van der Waals surface area contributed by atoms with Crippen molar-refractivity contribution in [1.82, 2.24) is 57.0 Å². The second-order valence-corrected chi connectivity index (χ2v) is 38.6. The molecular weight excluding hydrogens is 1500 g/mol. The molecule has 14 heteroatoms. The first kappa shape index (κ1) is 68.6. The van der Waals surface area contributed by atoms with Crippen molar-refractivity contribution < 1.29 is 0 Å². The molecule has 562 valence electrons. The maximum absolute atomic E-state index is 5.71. The van der Waals surface area contributed by atoms with Crippen molar-refractivity contribution in [2.45, 2.75) is 0 Å². The summed E-state index contributed by atoms with van der Waals surface area (Å²) in [5.74, 6) is 3.89.